The number of likely N-dealkylation sites (tertiary alicyclic amines) is 2. The van der Waals surface area contributed by atoms with E-state index in [0.29, 0.717) is 18.9 Å². The van der Waals surface area contributed by atoms with E-state index < -0.39 is 24.3 Å². The van der Waals surface area contributed by atoms with E-state index in [1.54, 1.807) is 4.90 Å². The summed E-state index contributed by atoms with van der Waals surface area (Å²) in [7, 11) is 6.71. The highest BCUT2D eigenvalue weighted by Crippen LogP contribution is 2.48. The van der Waals surface area contributed by atoms with E-state index in [2.05, 4.69) is 56.6 Å². The number of anilines is 2. The normalized spacial score (nSPS) is 21.0. The van der Waals surface area contributed by atoms with Crippen LogP contribution in [-0.4, -0.2) is 122 Å². The molecule has 17 nitrogen and oxygen atoms in total. The van der Waals surface area contributed by atoms with Crippen LogP contribution in [0.5, 0.6) is 0 Å². The van der Waals surface area contributed by atoms with Gasteiger partial charge in [0.05, 0.1) is 65.2 Å². The number of H-pyrrole nitrogens is 2. The molecule has 0 spiro atoms. The van der Waals surface area contributed by atoms with Crippen LogP contribution in [0.1, 0.15) is 113 Å². The summed E-state index contributed by atoms with van der Waals surface area (Å²) in [6.07, 6.45) is 5.09. The number of benzene rings is 2. The van der Waals surface area contributed by atoms with Gasteiger partial charge in [-0.15, -0.1) is 0 Å². The van der Waals surface area contributed by atoms with Crippen LogP contribution < -0.4 is 15.1 Å². The fourth-order valence-corrected chi connectivity index (χ4v) is 10.1. The molecular weight excluding hydrogens is 815 g/mol. The molecule has 0 unspecified atom stereocenters. The topological polar surface area (TPSA) is 196 Å². The Bertz CT molecular complexity index is 2520. The molecule has 2 aromatic carbocycles. The molecule has 340 valence electrons. The number of carboxylic acid groups (broad SMARTS) is 1. The van der Waals surface area contributed by atoms with E-state index in [9.17, 15) is 24.3 Å². The van der Waals surface area contributed by atoms with Gasteiger partial charge < -0.3 is 44.7 Å². The van der Waals surface area contributed by atoms with E-state index in [1.165, 1.54) is 14.2 Å². The number of amides is 4. The third-order valence-corrected chi connectivity index (χ3v) is 13.4. The second-order valence-electron chi connectivity index (χ2n) is 18.4. The van der Waals surface area contributed by atoms with Gasteiger partial charge in [0.15, 0.2) is 0 Å². The first-order valence-electron chi connectivity index (χ1n) is 22.5. The highest BCUT2D eigenvalue weighted by Gasteiger charge is 2.41. The van der Waals surface area contributed by atoms with Crippen molar-refractivity contribution in [3.63, 3.8) is 0 Å². The van der Waals surface area contributed by atoms with Crippen molar-refractivity contribution in [2.75, 3.05) is 51.1 Å². The van der Waals surface area contributed by atoms with Gasteiger partial charge in [-0.2, -0.15) is 0 Å². The van der Waals surface area contributed by atoms with Crippen molar-refractivity contribution in [1.82, 2.24) is 44.9 Å². The highest BCUT2D eigenvalue weighted by atomic mass is 16.5. The van der Waals surface area contributed by atoms with Gasteiger partial charge in [-0.3, -0.25) is 14.5 Å². The fraction of sp³-hybridized carbons (Fsp3) is 0.511. The molecule has 6 atom stereocenters. The first-order valence-corrected chi connectivity index (χ1v) is 22.5. The summed E-state index contributed by atoms with van der Waals surface area (Å²) < 4.78 is 4.82. The molecule has 17 heteroatoms. The number of carbonyl (C=O) groups excluding carboxylic acids is 3. The first kappa shape index (κ1) is 44.2. The second-order valence-corrected chi connectivity index (χ2v) is 18.4. The van der Waals surface area contributed by atoms with E-state index in [4.69, 9.17) is 19.7 Å². The molecule has 6 heterocycles. The zero-order valence-corrected chi connectivity index (χ0v) is 38.0. The van der Waals surface area contributed by atoms with Crippen LogP contribution in [0.2, 0.25) is 0 Å². The third kappa shape index (κ3) is 8.39. The van der Waals surface area contributed by atoms with Gasteiger partial charge in [0.25, 0.3) is 0 Å². The molecule has 3 saturated heterocycles. The predicted molar refractivity (Wildman–Crippen MR) is 244 cm³/mol. The van der Waals surface area contributed by atoms with Crippen LogP contribution in [0, 0.1) is 11.8 Å². The van der Waals surface area contributed by atoms with E-state index >= 15 is 0 Å². The predicted octanol–water partition coefficient (Wildman–Crippen LogP) is 7.33. The molecular formula is C47H61N11O6. The van der Waals surface area contributed by atoms with Crippen LogP contribution in [0.25, 0.3) is 22.1 Å². The van der Waals surface area contributed by atoms with Gasteiger partial charge in [-0.25, -0.2) is 24.5 Å². The number of rotatable bonds is 12. The maximum atomic E-state index is 13.9. The standard InChI is InChI=1S/C47H61N11O6/c1-26(2)40(53-46(61)64-8)44(59)56-21-9-11-37(56)42-49-31-16-13-28(23-33(31)51-42)35-18-19-36(58(35)30-15-20-39(48-25-30)54(5)6)29-14-17-32-34(24-29)52-43(50-32)38-12-10-22-57(38)45(60)41(27(3)4)55(7)47(62)63/h13-17,20,23-27,35-38,40-41H,9-12,18-19,21-22H2,1-8H3,(H,49,51)(H,50,52)(H,53,61)(H,62,63)/t35-,36-,37+,38+,40+,41+/m1/s1. The second kappa shape index (κ2) is 18.0. The molecule has 0 radical (unpaired) electrons. The number of imidazole rings is 2. The number of nitrogens with zero attached hydrogens (tertiary/aromatic N) is 8. The number of methoxy groups -OCH3 is 1. The van der Waals surface area contributed by atoms with Crippen LogP contribution in [0.15, 0.2) is 54.7 Å². The molecule has 4 amide bonds. The Hall–Kier alpha value is -6.39. The van der Waals surface area contributed by atoms with Crippen LogP contribution >= 0.6 is 0 Å². The van der Waals surface area contributed by atoms with E-state index in [1.807, 2.05) is 69.9 Å². The maximum absolute atomic E-state index is 13.9. The lowest BCUT2D eigenvalue weighted by molar-refractivity contribution is -0.138. The Morgan fingerprint density at radius 3 is 1.75 bits per heavy atom. The number of nitrogens with one attached hydrogen (secondary N) is 3. The number of carbonyl (C=O) groups is 4. The smallest absolute Gasteiger partial charge is 0.407 e. The lowest BCUT2D eigenvalue weighted by Crippen LogP contribution is -2.51. The summed E-state index contributed by atoms with van der Waals surface area (Å²) in [5.74, 6) is 1.63. The monoisotopic (exact) mass is 875 g/mol. The molecule has 4 N–H and O–H groups in total. The minimum Gasteiger partial charge on any atom is -0.465 e. The molecule has 3 aromatic heterocycles. The molecule has 5 aromatic rings. The zero-order chi connectivity index (χ0) is 45.6. The molecule has 0 aliphatic carbocycles. The Morgan fingerprint density at radius 2 is 1.30 bits per heavy atom. The van der Waals surface area contributed by atoms with Gasteiger partial charge in [-0.05, 0) is 97.9 Å². The summed E-state index contributed by atoms with van der Waals surface area (Å²) in [6.45, 7) is 8.68. The zero-order valence-electron chi connectivity index (χ0n) is 38.0. The summed E-state index contributed by atoms with van der Waals surface area (Å²) in [5, 5.41) is 12.5. The molecule has 3 aliphatic rings. The lowest BCUT2D eigenvalue weighted by Gasteiger charge is -2.33. The summed E-state index contributed by atoms with van der Waals surface area (Å²) in [6, 6.07) is 14.9. The van der Waals surface area contributed by atoms with Gasteiger partial charge in [0, 0.05) is 34.2 Å². The van der Waals surface area contributed by atoms with Crippen molar-refractivity contribution < 1.29 is 29.0 Å². The number of ether oxygens (including phenoxy) is 1. The molecule has 0 bridgehead atoms. The number of fused-ring (bicyclic) bond motifs is 2. The number of aromatic nitrogens is 5. The third-order valence-electron chi connectivity index (χ3n) is 13.4. The number of hydrogen-bond donors (Lipinski definition) is 4. The molecule has 8 rings (SSSR count). The molecule has 0 saturated carbocycles. The maximum Gasteiger partial charge on any atom is 0.407 e. The van der Waals surface area contributed by atoms with Crippen molar-refractivity contribution in [2.24, 2.45) is 11.8 Å². The van der Waals surface area contributed by atoms with E-state index in [0.717, 1.165) is 93.9 Å². The van der Waals surface area contributed by atoms with Crippen molar-refractivity contribution in [3.05, 3.63) is 77.5 Å². The quantitative estimate of drug-likeness (QED) is 0.0980. The minimum atomic E-state index is -1.13. The van der Waals surface area contributed by atoms with Gasteiger partial charge in [0.1, 0.15) is 29.6 Å². The fourth-order valence-electron chi connectivity index (χ4n) is 10.1. The average Bonchev–Trinajstić information content (AvgIpc) is 4.13. The summed E-state index contributed by atoms with van der Waals surface area (Å²) in [5.41, 5.74) is 6.66. The Balaban J connectivity index is 1.08. The van der Waals surface area contributed by atoms with Crippen LogP contribution in [-0.2, 0) is 14.3 Å². The van der Waals surface area contributed by atoms with Gasteiger partial charge in [-0.1, -0.05) is 39.8 Å². The van der Waals surface area contributed by atoms with Gasteiger partial charge >= 0.3 is 12.2 Å². The van der Waals surface area contributed by atoms with Crippen molar-refractivity contribution >= 4 is 57.6 Å². The Kier molecular flexibility index (Phi) is 12.4. The van der Waals surface area contributed by atoms with Gasteiger partial charge in [0.2, 0.25) is 11.8 Å². The summed E-state index contributed by atoms with van der Waals surface area (Å²) in [4.78, 5) is 83.0. The minimum absolute atomic E-state index is 0.00894. The molecule has 3 fully saturated rings. The number of hydrogen-bond acceptors (Lipinski definition) is 10. The average molecular weight is 876 g/mol. The SMILES string of the molecule is COC(=O)N[C@H](C(=O)N1CCC[C@H]1c1nc2ccc([C@H]3CC[C@H](c4ccc5nc([C@@H]6CCCN6C(=O)[C@H](C(C)C)N(C)C(=O)O)[nH]c5c4)N3c3ccc(N(C)C)nc3)cc2[nH]1)C(C)C. The van der Waals surface area contributed by atoms with Crippen molar-refractivity contribution in [1.29, 1.82) is 0 Å². The Morgan fingerprint density at radius 1 is 0.750 bits per heavy atom. The lowest BCUT2D eigenvalue weighted by atomic mass is 10.0. The van der Waals surface area contributed by atoms with E-state index in [-0.39, 0.29) is 47.8 Å². The number of likely N-dealkylation sites (N-methyl/N-ethyl adjacent to an activating group) is 1. The van der Waals surface area contributed by atoms with Crippen LogP contribution in [0.3, 0.4) is 0 Å². The van der Waals surface area contributed by atoms with Crippen LogP contribution in [0.4, 0.5) is 21.1 Å². The first-order chi connectivity index (χ1) is 30.6. The van der Waals surface area contributed by atoms with Crippen molar-refractivity contribution in [3.8, 4) is 0 Å². The van der Waals surface area contributed by atoms with Crippen molar-refractivity contribution in [2.45, 2.75) is 102 Å². The molecule has 3 aliphatic heterocycles. The largest absolute Gasteiger partial charge is 0.465 e. The molecule has 64 heavy (non-hydrogen) atoms. The summed E-state index contributed by atoms with van der Waals surface area (Å²) >= 11 is 0. The Labute approximate surface area is 373 Å². The number of alkyl carbamates (subject to hydrolysis) is 1. The highest BCUT2D eigenvalue weighted by molar-refractivity contribution is 5.87. The number of aromatic amines is 2. The number of pyridine rings is 1.